The fourth-order valence-electron chi connectivity index (χ4n) is 1.89. The summed E-state index contributed by atoms with van der Waals surface area (Å²) in [4.78, 5) is 15.8. The number of hydrogen-bond donors (Lipinski definition) is 2. The van der Waals surface area contributed by atoms with E-state index in [9.17, 15) is 9.90 Å². The molecule has 0 radical (unpaired) electrons. The smallest absolute Gasteiger partial charge is 0.225 e. The van der Waals surface area contributed by atoms with Crippen LogP contribution >= 0.6 is 0 Å². The standard InChI is InChI=1S/C11H23N3O2/c1-9(2)11(16)14-5-3-13(4-6-14)8-10(15)7-12/h9-10,15H,3-8,12H2,1-2H3. The van der Waals surface area contributed by atoms with Gasteiger partial charge in [0.1, 0.15) is 0 Å². The summed E-state index contributed by atoms with van der Waals surface area (Å²) >= 11 is 0. The van der Waals surface area contributed by atoms with E-state index in [1.165, 1.54) is 0 Å². The maximum Gasteiger partial charge on any atom is 0.225 e. The molecule has 1 heterocycles. The summed E-state index contributed by atoms with van der Waals surface area (Å²) < 4.78 is 0. The van der Waals surface area contributed by atoms with E-state index in [4.69, 9.17) is 5.73 Å². The topological polar surface area (TPSA) is 69.8 Å². The van der Waals surface area contributed by atoms with Crippen LogP contribution in [0.2, 0.25) is 0 Å². The molecule has 0 aromatic heterocycles. The number of nitrogens with two attached hydrogens (primary N) is 1. The highest BCUT2D eigenvalue weighted by molar-refractivity contribution is 5.78. The molecule has 1 rings (SSSR count). The summed E-state index contributed by atoms with van der Waals surface area (Å²) in [5, 5.41) is 9.43. The van der Waals surface area contributed by atoms with Crippen molar-refractivity contribution in [1.82, 2.24) is 9.80 Å². The normalized spacial score (nSPS) is 20.2. The van der Waals surface area contributed by atoms with E-state index in [1.807, 2.05) is 18.7 Å². The number of aliphatic hydroxyl groups is 1. The summed E-state index contributed by atoms with van der Waals surface area (Å²) in [6.45, 7) is 7.93. The molecule has 1 amide bonds. The van der Waals surface area contributed by atoms with Crippen LogP contribution in [0.15, 0.2) is 0 Å². The van der Waals surface area contributed by atoms with E-state index in [0.29, 0.717) is 13.1 Å². The Hall–Kier alpha value is -0.650. The van der Waals surface area contributed by atoms with Crippen molar-refractivity contribution in [3.8, 4) is 0 Å². The van der Waals surface area contributed by atoms with Crippen LogP contribution in [-0.2, 0) is 4.79 Å². The number of carbonyl (C=O) groups excluding carboxylic acids is 1. The van der Waals surface area contributed by atoms with Crippen LogP contribution in [0.1, 0.15) is 13.8 Å². The van der Waals surface area contributed by atoms with Crippen LogP contribution in [0.5, 0.6) is 0 Å². The zero-order valence-corrected chi connectivity index (χ0v) is 10.2. The predicted molar refractivity (Wildman–Crippen MR) is 62.9 cm³/mol. The van der Waals surface area contributed by atoms with Crippen molar-refractivity contribution >= 4 is 5.91 Å². The monoisotopic (exact) mass is 229 g/mol. The van der Waals surface area contributed by atoms with E-state index in [0.717, 1.165) is 26.2 Å². The lowest BCUT2D eigenvalue weighted by molar-refractivity contribution is -0.136. The number of aliphatic hydroxyl groups excluding tert-OH is 1. The Bertz CT molecular complexity index is 225. The van der Waals surface area contributed by atoms with E-state index < -0.39 is 6.10 Å². The predicted octanol–water partition coefficient (Wildman–Crippen LogP) is -0.894. The van der Waals surface area contributed by atoms with Gasteiger partial charge < -0.3 is 15.7 Å². The Labute approximate surface area is 97.2 Å². The van der Waals surface area contributed by atoms with E-state index in [-0.39, 0.29) is 11.8 Å². The summed E-state index contributed by atoms with van der Waals surface area (Å²) in [7, 11) is 0. The molecular formula is C11H23N3O2. The number of nitrogens with zero attached hydrogens (tertiary/aromatic N) is 2. The lowest BCUT2D eigenvalue weighted by Crippen LogP contribution is -2.51. The van der Waals surface area contributed by atoms with Crippen molar-refractivity contribution in [1.29, 1.82) is 0 Å². The van der Waals surface area contributed by atoms with Crippen LogP contribution in [0.4, 0.5) is 0 Å². The molecule has 1 aliphatic heterocycles. The van der Waals surface area contributed by atoms with Gasteiger partial charge in [-0.3, -0.25) is 9.69 Å². The summed E-state index contributed by atoms with van der Waals surface area (Å²) in [6.07, 6.45) is -0.452. The second-order valence-electron chi connectivity index (χ2n) is 4.67. The van der Waals surface area contributed by atoms with Crippen molar-refractivity contribution in [2.45, 2.75) is 20.0 Å². The molecule has 0 spiro atoms. The van der Waals surface area contributed by atoms with E-state index in [2.05, 4.69) is 4.90 Å². The van der Waals surface area contributed by atoms with Gasteiger partial charge in [-0.15, -0.1) is 0 Å². The van der Waals surface area contributed by atoms with Gasteiger partial charge in [0, 0.05) is 45.2 Å². The Morgan fingerprint density at radius 1 is 1.31 bits per heavy atom. The number of β-amino-alcohol motifs (C(OH)–C–C–N with tert-alkyl or cyclic N) is 1. The Morgan fingerprint density at radius 3 is 2.31 bits per heavy atom. The number of rotatable bonds is 4. The Morgan fingerprint density at radius 2 is 1.88 bits per heavy atom. The highest BCUT2D eigenvalue weighted by atomic mass is 16.3. The average molecular weight is 229 g/mol. The highest BCUT2D eigenvalue weighted by Gasteiger charge is 2.23. The minimum atomic E-state index is -0.452. The van der Waals surface area contributed by atoms with Crippen LogP contribution in [0.3, 0.4) is 0 Å². The van der Waals surface area contributed by atoms with Crippen LogP contribution < -0.4 is 5.73 Å². The summed E-state index contributed by atoms with van der Waals surface area (Å²) in [5.41, 5.74) is 5.36. The molecule has 1 atom stereocenters. The third kappa shape index (κ3) is 3.73. The van der Waals surface area contributed by atoms with E-state index >= 15 is 0 Å². The molecule has 0 saturated carbocycles. The lowest BCUT2D eigenvalue weighted by atomic mass is 10.1. The van der Waals surface area contributed by atoms with Gasteiger partial charge in [-0.2, -0.15) is 0 Å². The summed E-state index contributed by atoms with van der Waals surface area (Å²) in [6, 6.07) is 0. The lowest BCUT2D eigenvalue weighted by Gasteiger charge is -2.36. The first-order valence-corrected chi connectivity index (χ1v) is 5.94. The number of amides is 1. The van der Waals surface area contributed by atoms with Crippen molar-refractivity contribution in [3.05, 3.63) is 0 Å². The van der Waals surface area contributed by atoms with Crippen molar-refractivity contribution in [2.24, 2.45) is 11.7 Å². The van der Waals surface area contributed by atoms with Gasteiger partial charge in [-0.05, 0) is 0 Å². The molecule has 3 N–H and O–H groups in total. The van der Waals surface area contributed by atoms with Crippen LogP contribution in [0, 0.1) is 5.92 Å². The van der Waals surface area contributed by atoms with Crippen molar-refractivity contribution in [2.75, 3.05) is 39.3 Å². The second kappa shape index (κ2) is 6.18. The van der Waals surface area contributed by atoms with Gasteiger partial charge in [0.25, 0.3) is 0 Å². The molecule has 5 nitrogen and oxygen atoms in total. The maximum atomic E-state index is 11.7. The number of hydrogen-bond acceptors (Lipinski definition) is 4. The third-order valence-electron chi connectivity index (χ3n) is 2.92. The Kier molecular flexibility index (Phi) is 5.18. The average Bonchev–Trinajstić information content (AvgIpc) is 2.28. The largest absolute Gasteiger partial charge is 0.390 e. The SMILES string of the molecule is CC(C)C(=O)N1CCN(CC(O)CN)CC1. The quantitative estimate of drug-likeness (QED) is 0.656. The van der Waals surface area contributed by atoms with Crippen LogP contribution in [-0.4, -0.2) is 66.2 Å². The van der Waals surface area contributed by atoms with Gasteiger partial charge in [0.2, 0.25) is 5.91 Å². The Balaban J connectivity index is 2.31. The molecule has 1 saturated heterocycles. The zero-order chi connectivity index (χ0) is 12.1. The molecule has 1 aliphatic rings. The highest BCUT2D eigenvalue weighted by Crippen LogP contribution is 2.07. The van der Waals surface area contributed by atoms with Crippen molar-refractivity contribution in [3.63, 3.8) is 0 Å². The zero-order valence-electron chi connectivity index (χ0n) is 10.2. The molecular weight excluding hydrogens is 206 g/mol. The number of piperazine rings is 1. The van der Waals surface area contributed by atoms with Crippen LogP contribution in [0.25, 0.3) is 0 Å². The first kappa shape index (κ1) is 13.4. The third-order valence-corrected chi connectivity index (χ3v) is 2.92. The summed E-state index contributed by atoms with van der Waals surface area (Å²) in [5.74, 6) is 0.292. The molecule has 1 unspecified atom stereocenters. The fourth-order valence-corrected chi connectivity index (χ4v) is 1.89. The molecule has 94 valence electrons. The minimum Gasteiger partial charge on any atom is -0.390 e. The van der Waals surface area contributed by atoms with Gasteiger partial charge in [0.05, 0.1) is 6.10 Å². The molecule has 0 aliphatic carbocycles. The second-order valence-corrected chi connectivity index (χ2v) is 4.67. The van der Waals surface area contributed by atoms with Crippen molar-refractivity contribution < 1.29 is 9.90 Å². The molecule has 5 heteroatoms. The fraction of sp³-hybridized carbons (Fsp3) is 0.909. The van der Waals surface area contributed by atoms with Gasteiger partial charge in [-0.25, -0.2) is 0 Å². The molecule has 0 aromatic carbocycles. The first-order valence-electron chi connectivity index (χ1n) is 5.94. The minimum absolute atomic E-state index is 0.0705. The van der Waals surface area contributed by atoms with Gasteiger partial charge in [0.15, 0.2) is 0 Å². The molecule has 0 bridgehead atoms. The van der Waals surface area contributed by atoms with Gasteiger partial charge >= 0.3 is 0 Å². The molecule has 0 aromatic rings. The number of carbonyl (C=O) groups is 1. The molecule has 16 heavy (non-hydrogen) atoms. The van der Waals surface area contributed by atoms with Gasteiger partial charge in [-0.1, -0.05) is 13.8 Å². The first-order chi connectivity index (χ1) is 7.54. The van der Waals surface area contributed by atoms with E-state index in [1.54, 1.807) is 0 Å². The molecule has 1 fully saturated rings. The maximum absolute atomic E-state index is 11.7.